The predicted octanol–water partition coefficient (Wildman–Crippen LogP) is 3.77. The summed E-state index contributed by atoms with van der Waals surface area (Å²) in [6, 6.07) is 4.60. The van der Waals surface area contributed by atoms with Gasteiger partial charge in [-0.3, -0.25) is 0 Å². The molecule has 0 aromatic heterocycles. The van der Waals surface area contributed by atoms with Crippen LogP contribution in [0.15, 0.2) is 24.4 Å². The molecule has 0 saturated carbocycles. The van der Waals surface area contributed by atoms with E-state index in [1.54, 1.807) is 0 Å². The molecule has 0 saturated heterocycles. The van der Waals surface area contributed by atoms with Crippen molar-refractivity contribution in [2.45, 2.75) is 39.5 Å². The lowest BCUT2D eigenvalue weighted by atomic mass is 9.84. The zero-order valence-corrected chi connectivity index (χ0v) is 10.1. The number of hydrogen-bond acceptors (Lipinski definition) is 1. The molecule has 0 atom stereocenters. The molecule has 1 heterocycles. The lowest BCUT2D eigenvalue weighted by Gasteiger charge is -2.21. The maximum absolute atomic E-state index is 3.99. The van der Waals surface area contributed by atoms with Crippen molar-refractivity contribution in [3.8, 4) is 0 Å². The van der Waals surface area contributed by atoms with Gasteiger partial charge in [-0.25, -0.2) is 0 Å². The van der Waals surface area contributed by atoms with Gasteiger partial charge in [0.05, 0.1) is 0 Å². The van der Waals surface area contributed by atoms with Crippen molar-refractivity contribution in [2.24, 2.45) is 0 Å². The van der Waals surface area contributed by atoms with Gasteiger partial charge in [-0.2, -0.15) is 0 Å². The first-order valence-corrected chi connectivity index (χ1v) is 5.47. The third-order valence-electron chi connectivity index (χ3n) is 2.99. The van der Waals surface area contributed by atoms with Crippen molar-refractivity contribution in [1.29, 1.82) is 0 Å². The molecule has 1 nitrogen and oxygen atoms in total. The van der Waals surface area contributed by atoms with Crippen LogP contribution in [-0.4, -0.2) is 0 Å². The standard InChI is InChI=1S/C14H19N/c1-9-6-12(14(3,4)5)8-11-7-10(2)15-13(9)11/h6,8,15H,2,7H2,1,3-5H3. The summed E-state index contributed by atoms with van der Waals surface area (Å²) in [4.78, 5) is 0. The highest BCUT2D eigenvalue weighted by Gasteiger charge is 2.20. The average molecular weight is 201 g/mol. The summed E-state index contributed by atoms with van der Waals surface area (Å²) < 4.78 is 0. The van der Waals surface area contributed by atoms with Gasteiger partial charge in [0, 0.05) is 17.8 Å². The molecule has 0 bridgehead atoms. The quantitative estimate of drug-likeness (QED) is 0.673. The van der Waals surface area contributed by atoms with E-state index in [4.69, 9.17) is 0 Å². The van der Waals surface area contributed by atoms with Crippen molar-refractivity contribution in [2.75, 3.05) is 5.32 Å². The first kappa shape index (κ1) is 10.3. The molecule has 80 valence electrons. The molecule has 1 heteroatoms. The summed E-state index contributed by atoms with van der Waals surface area (Å²) in [5.41, 5.74) is 6.74. The number of aryl methyl sites for hydroxylation is 1. The van der Waals surface area contributed by atoms with Crippen LogP contribution in [0.1, 0.15) is 37.5 Å². The second-order valence-electron chi connectivity index (χ2n) is 5.48. The first-order chi connectivity index (χ1) is 6.88. The minimum absolute atomic E-state index is 0.226. The third-order valence-corrected chi connectivity index (χ3v) is 2.99. The molecule has 1 aromatic carbocycles. The number of benzene rings is 1. The molecule has 1 aliphatic heterocycles. The average Bonchev–Trinajstić information content (AvgIpc) is 2.44. The highest BCUT2D eigenvalue weighted by atomic mass is 14.9. The molecule has 1 aliphatic rings. The van der Waals surface area contributed by atoms with Gasteiger partial charge in [-0.05, 0) is 29.0 Å². The van der Waals surface area contributed by atoms with Crippen molar-refractivity contribution in [3.05, 3.63) is 41.1 Å². The molecule has 0 amide bonds. The van der Waals surface area contributed by atoms with Gasteiger partial charge < -0.3 is 5.32 Å². The van der Waals surface area contributed by atoms with E-state index in [1.165, 1.54) is 22.4 Å². The normalized spacial score (nSPS) is 15.1. The third kappa shape index (κ3) is 1.79. The SMILES string of the molecule is C=C1Cc2cc(C(C)(C)C)cc(C)c2N1. The molecule has 15 heavy (non-hydrogen) atoms. The molecule has 1 aromatic rings. The number of hydrogen-bond donors (Lipinski definition) is 1. The van der Waals surface area contributed by atoms with Crippen molar-refractivity contribution in [3.63, 3.8) is 0 Å². The molecule has 0 aliphatic carbocycles. The molecular formula is C14H19N. The minimum Gasteiger partial charge on any atom is -0.359 e. The highest BCUT2D eigenvalue weighted by Crippen LogP contribution is 2.35. The Kier molecular flexibility index (Phi) is 2.14. The largest absolute Gasteiger partial charge is 0.359 e. The Morgan fingerprint density at radius 2 is 1.93 bits per heavy atom. The monoisotopic (exact) mass is 201 g/mol. The van der Waals surface area contributed by atoms with Crippen LogP contribution >= 0.6 is 0 Å². The van der Waals surface area contributed by atoms with Crippen molar-refractivity contribution < 1.29 is 0 Å². The Bertz CT molecular complexity index is 422. The van der Waals surface area contributed by atoms with Crippen molar-refractivity contribution in [1.82, 2.24) is 0 Å². The molecule has 1 N–H and O–H groups in total. The van der Waals surface area contributed by atoms with Gasteiger partial charge in [0.2, 0.25) is 0 Å². The summed E-state index contributed by atoms with van der Waals surface area (Å²) in [5, 5.41) is 3.35. The summed E-state index contributed by atoms with van der Waals surface area (Å²) in [6.07, 6.45) is 0.972. The number of anilines is 1. The van der Waals surface area contributed by atoms with Gasteiger partial charge in [0.25, 0.3) is 0 Å². The van der Waals surface area contributed by atoms with E-state index in [0.29, 0.717) is 0 Å². The topological polar surface area (TPSA) is 12.0 Å². The van der Waals surface area contributed by atoms with E-state index in [-0.39, 0.29) is 5.41 Å². The molecule has 0 radical (unpaired) electrons. The zero-order chi connectivity index (χ0) is 11.2. The fourth-order valence-corrected chi connectivity index (χ4v) is 2.06. The van der Waals surface area contributed by atoms with E-state index in [9.17, 15) is 0 Å². The Morgan fingerprint density at radius 1 is 1.27 bits per heavy atom. The van der Waals surface area contributed by atoms with Crippen LogP contribution in [0.2, 0.25) is 0 Å². The predicted molar refractivity (Wildman–Crippen MR) is 66.3 cm³/mol. The van der Waals surface area contributed by atoms with Crippen LogP contribution in [-0.2, 0) is 11.8 Å². The van der Waals surface area contributed by atoms with Crippen LogP contribution < -0.4 is 5.32 Å². The summed E-state index contributed by atoms with van der Waals surface area (Å²) in [6.45, 7) is 12.9. The van der Waals surface area contributed by atoms with Crippen LogP contribution in [0.5, 0.6) is 0 Å². The van der Waals surface area contributed by atoms with E-state index in [0.717, 1.165) is 12.1 Å². The lowest BCUT2D eigenvalue weighted by Crippen LogP contribution is -2.11. The zero-order valence-electron chi connectivity index (χ0n) is 10.1. The van der Waals surface area contributed by atoms with Crippen LogP contribution in [0.25, 0.3) is 0 Å². The fourth-order valence-electron chi connectivity index (χ4n) is 2.06. The Morgan fingerprint density at radius 3 is 2.53 bits per heavy atom. The van der Waals surface area contributed by atoms with E-state index in [1.807, 2.05) is 0 Å². The van der Waals surface area contributed by atoms with Gasteiger partial charge >= 0.3 is 0 Å². The Balaban J connectivity index is 2.54. The highest BCUT2D eigenvalue weighted by molar-refractivity contribution is 5.67. The Hall–Kier alpha value is -1.24. The maximum atomic E-state index is 3.99. The number of rotatable bonds is 0. The maximum Gasteiger partial charge on any atom is 0.0448 e. The lowest BCUT2D eigenvalue weighted by molar-refractivity contribution is 0.589. The number of fused-ring (bicyclic) bond motifs is 1. The van der Waals surface area contributed by atoms with Gasteiger partial charge in [-0.1, -0.05) is 39.5 Å². The van der Waals surface area contributed by atoms with Crippen LogP contribution in [0.3, 0.4) is 0 Å². The van der Waals surface area contributed by atoms with Gasteiger partial charge in [0.1, 0.15) is 0 Å². The minimum atomic E-state index is 0.226. The smallest absolute Gasteiger partial charge is 0.0448 e. The molecule has 0 fully saturated rings. The van der Waals surface area contributed by atoms with Crippen LogP contribution in [0.4, 0.5) is 5.69 Å². The number of allylic oxidation sites excluding steroid dienone is 1. The second-order valence-corrected chi connectivity index (χ2v) is 5.48. The van der Waals surface area contributed by atoms with Crippen LogP contribution in [0, 0.1) is 6.92 Å². The molecule has 0 spiro atoms. The first-order valence-electron chi connectivity index (χ1n) is 5.47. The summed E-state index contributed by atoms with van der Waals surface area (Å²) >= 11 is 0. The fraction of sp³-hybridized carbons (Fsp3) is 0.429. The van der Waals surface area contributed by atoms with Gasteiger partial charge in [-0.15, -0.1) is 0 Å². The Labute approximate surface area is 92.2 Å². The number of nitrogens with one attached hydrogen (secondary N) is 1. The summed E-state index contributed by atoms with van der Waals surface area (Å²) in [7, 11) is 0. The molecule has 2 rings (SSSR count). The van der Waals surface area contributed by atoms with Crippen molar-refractivity contribution >= 4 is 5.69 Å². The van der Waals surface area contributed by atoms with E-state index < -0.39 is 0 Å². The van der Waals surface area contributed by atoms with Gasteiger partial charge in [0.15, 0.2) is 0 Å². The van der Waals surface area contributed by atoms with E-state index in [2.05, 4.69) is 51.7 Å². The molecule has 0 unspecified atom stereocenters. The molecular weight excluding hydrogens is 182 g/mol. The second kappa shape index (κ2) is 3.13. The summed E-state index contributed by atoms with van der Waals surface area (Å²) in [5.74, 6) is 0. The van der Waals surface area contributed by atoms with E-state index >= 15 is 0 Å².